The fraction of sp³-hybridized carbons (Fsp3) is 0. The summed E-state index contributed by atoms with van der Waals surface area (Å²) in [7, 11) is 0. The first-order valence-corrected chi connectivity index (χ1v) is 17.0. The molecule has 0 bridgehead atoms. The van der Waals surface area contributed by atoms with Crippen molar-refractivity contribution < 1.29 is 0 Å². The van der Waals surface area contributed by atoms with Crippen LogP contribution in [0.3, 0.4) is 0 Å². The molecule has 9 aromatic rings. The van der Waals surface area contributed by atoms with Gasteiger partial charge in [0.25, 0.3) is 0 Å². The van der Waals surface area contributed by atoms with Crippen molar-refractivity contribution in [3.05, 3.63) is 170 Å². The normalized spacial score (nSPS) is 11.3. The fourth-order valence-corrected chi connectivity index (χ4v) is 7.28. The summed E-state index contributed by atoms with van der Waals surface area (Å²) in [5, 5.41) is 3.57. The Morgan fingerprint density at radius 1 is 0.347 bits per heavy atom. The molecule has 0 fully saturated rings. The van der Waals surface area contributed by atoms with Crippen LogP contribution in [0.2, 0.25) is 0 Å². The summed E-state index contributed by atoms with van der Waals surface area (Å²) in [6.07, 6.45) is 3.66. The average Bonchev–Trinajstić information content (AvgIpc) is 3.63. The van der Waals surface area contributed by atoms with E-state index in [4.69, 9.17) is 15.0 Å². The highest BCUT2D eigenvalue weighted by molar-refractivity contribution is 7.22. The van der Waals surface area contributed by atoms with E-state index in [0.29, 0.717) is 17.5 Å². The van der Waals surface area contributed by atoms with Crippen LogP contribution >= 0.6 is 11.3 Å². The van der Waals surface area contributed by atoms with Crippen LogP contribution < -0.4 is 0 Å². The monoisotopic (exact) mass is 644 g/mol. The van der Waals surface area contributed by atoms with Gasteiger partial charge in [-0.3, -0.25) is 4.98 Å². The summed E-state index contributed by atoms with van der Waals surface area (Å²) in [6.45, 7) is 0. The molecule has 9 rings (SSSR count). The van der Waals surface area contributed by atoms with Crippen molar-refractivity contribution in [2.75, 3.05) is 0 Å². The molecule has 0 atom stereocenters. The molecule has 0 saturated carbocycles. The maximum atomic E-state index is 5.05. The molecular weight excluding hydrogens is 617 g/mol. The van der Waals surface area contributed by atoms with Crippen LogP contribution in [0.1, 0.15) is 0 Å². The quantitative estimate of drug-likeness (QED) is 0.181. The summed E-state index contributed by atoms with van der Waals surface area (Å²) in [6, 6.07) is 55.1. The van der Waals surface area contributed by atoms with Crippen LogP contribution in [0.5, 0.6) is 0 Å². The standard InChI is InChI=1S/C44H28N4S/c1-2-7-29(8-3-1)34-20-21-36-26-38(23-22-35(36)25-34)44-47-42(32-16-12-30(13-17-32)39-10-6-24-45-28-39)46-43(48-44)33-18-14-31(15-19-33)41-27-37-9-4-5-11-40(37)49-41/h1-28H. The Bertz CT molecular complexity index is 2540. The molecule has 6 aromatic carbocycles. The first-order chi connectivity index (χ1) is 24.2. The van der Waals surface area contributed by atoms with Gasteiger partial charge in [0.1, 0.15) is 0 Å². The molecule has 0 saturated heterocycles. The molecular formula is C44H28N4S. The molecule has 4 nitrogen and oxygen atoms in total. The molecule has 49 heavy (non-hydrogen) atoms. The minimum atomic E-state index is 0.630. The van der Waals surface area contributed by atoms with E-state index in [1.54, 1.807) is 17.5 Å². The van der Waals surface area contributed by atoms with Gasteiger partial charge in [-0.05, 0) is 74.3 Å². The second-order valence-corrected chi connectivity index (χ2v) is 13.1. The predicted molar refractivity (Wildman–Crippen MR) is 203 cm³/mol. The molecule has 3 heterocycles. The SMILES string of the molecule is c1ccc(-c2ccc3cc(-c4nc(-c5ccc(-c6cccnc6)cc5)nc(-c5ccc(-c6cc7ccccc7s6)cc5)n4)ccc3c2)cc1. The van der Waals surface area contributed by atoms with Gasteiger partial charge in [-0.25, -0.2) is 15.0 Å². The Morgan fingerprint density at radius 2 is 0.878 bits per heavy atom. The highest BCUT2D eigenvalue weighted by Crippen LogP contribution is 2.35. The van der Waals surface area contributed by atoms with E-state index < -0.39 is 0 Å². The number of rotatable bonds is 6. The van der Waals surface area contributed by atoms with Gasteiger partial charge < -0.3 is 0 Å². The molecule has 230 valence electrons. The molecule has 5 heteroatoms. The highest BCUT2D eigenvalue weighted by atomic mass is 32.1. The Labute approximate surface area is 288 Å². The minimum absolute atomic E-state index is 0.630. The Balaban J connectivity index is 1.12. The topological polar surface area (TPSA) is 51.6 Å². The maximum Gasteiger partial charge on any atom is 0.164 e. The summed E-state index contributed by atoms with van der Waals surface area (Å²) >= 11 is 1.81. The van der Waals surface area contributed by atoms with Crippen molar-refractivity contribution in [3.63, 3.8) is 0 Å². The van der Waals surface area contributed by atoms with Gasteiger partial charge in [0.15, 0.2) is 17.5 Å². The Morgan fingerprint density at radius 3 is 1.55 bits per heavy atom. The van der Waals surface area contributed by atoms with Gasteiger partial charge in [-0.2, -0.15) is 0 Å². The summed E-state index contributed by atoms with van der Waals surface area (Å²) in [4.78, 5) is 20.6. The highest BCUT2D eigenvalue weighted by Gasteiger charge is 2.14. The number of fused-ring (bicyclic) bond motifs is 2. The zero-order valence-corrected chi connectivity index (χ0v) is 27.2. The lowest BCUT2D eigenvalue weighted by molar-refractivity contribution is 1.07. The Hall–Kier alpha value is -6.30. The third-order valence-corrected chi connectivity index (χ3v) is 10.00. The number of pyridine rings is 1. The van der Waals surface area contributed by atoms with E-state index >= 15 is 0 Å². The number of aromatic nitrogens is 4. The van der Waals surface area contributed by atoms with E-state index in [2.05, 4.69) is 151 Å². The Kier molecular flexibility index (Phi) is 7.30. The lowest BCUT2D eigenvalue weighted by atomic mass is 10.00. The van der Waals surface area contributed by atoms with Crippen molar-refractivity contribution in [1.29, 1.82) is 0 Å². The summed E-state index contributed by atoms with van der Waals surface area (Å²) < 4.78 is 1.29. The molecule has 0 aliphatic carbocycles. The number of hydrogen-bond acceptors (Lipinski definition) is 5. The average molecular weight is 645 g/mol. The van der Waals surface area contributed by atoms with Crippen LogP contribution in [0.15, 0.2) is 170 Å². The van der Waals surface area contributed by atoms with Gasteiger partial charge in [0.05, 0.1) is 0 Å². The summed E-state index contributed by atoms with van der Waals surface area (Å²) in [5.74, 6) is 1.91. The lowest BCUT2D eigenvalue weighted by Crippen LogP contribution is -2.00. The molecule has 3 aromatic heterocycles. The van der Waals surface area contributed by atoms with Crippen LogP contribution in [-0.2, 0) is 0 Å². The first kappa shape index (κ1) is 28.9. The molecule has 0 spiro atoms. The van der Waals surface area contributed by atoms with Crippen LogP contribution in [-0.4, -0.2) is 19.9 Å². The van der Waals surface area contributed by atoms with Gasteiger partial charge >= 0.3 is 0 Å². The second-order valence-electron chi connectivity index (χ2n) is 12.0. The van der Waals surface area contributed by atoms with E-state index in [-0.39, 0.29) is 0 Å². The number of hydrogen-bond donors (Lipinski definition) is 0. The van der Waals surface area contributed by atoms with Gasteiger partial charge in [-0.15, -0.1) is 11.3 Å². The van der Waals surface area contributed by atoms with E-state index in [0.717, 1.165) is 33.2 Å². The summed E-state index contributed by atoms with van der Waals surface area (Å²) in [5.41, 5.74) is 8.54. The van der Waals surface area contributed by atoms with Crippen molar-refractivity contribution in [1.82, 2.24) is 19.9 Å². The zero-order valence-electron chi connectivity index (χ0n) is 26.4. The van der Waals surface area contributed by atoms with Crippen LogP contribution in [0.25, 0.3) is 87.7 Å². The molecule has 0 aliphatic heterocycles. The molecule has 0 aliphatic rings. The molecule has 0 unspecified atom stereocenters. The lowest BCUT2D eigenvalue weighted by Gasteiger charge is -2.10. The van der Waals surface area contributed by atoms with Crippen LogP contribution in [0, 0.1) is 0 Å². The maximum absolute atomic E-state index is 5.05. The van der Waals surface area contributed by atoms with Crippen molar-refractivity contribution in [2.24, 2.45) is 0 Å². The van der Waals surface area contributed by atoms with E-state index in [1.807, 2.05) is 18.3 Å². The van der Waals surface area contributed by atoms with Gasteiger partial charge in [0, 0.05) is 38.7 Å². The van der Waals surface area contributed by atoms with Crippen molar-refractivity contribution in [3.8, 4) is 66.9 Å². The largest absolute Gasteiger partial charge is 0.264 e. The third-order valence-electron chi connectivity index (χ3n) is 8.83. The molecule has 0 radical (unpaired) electrons. The number of thiophene rings is 1. The number of benzene rings is 6. The van der Waals surface area contributed by atoms with Gasteiger partial charge in [0.2, 0.25) is 0 Å². The minimum Gasteiger partial charge on any atom is -0.264 e. The smallest absolute Gasteiger partial charge is 0.164 e. The van der Waals surface area contributed by atoms with E-state index in [9.17, 15) is 0 Å². The number of nitrogens with zero attached hydrogens (tertiary/aromatic N) is 4. The molecule has 0 amide bonds. The third kappa shape index (κ3) is 5.77. The van der Waals surface area contributed by atoms with Crippen LogP contribution in [0.4, 0.5) is 0 Å². The second kappa shape index (κ2) is 12.4. The molecule has 0 N–H and O–H groups in total. The van der Waals surface area contributed by atoms with E-state index in [1.165, 1.54) is 37.0 Å². The van der Waals surface area contributed by atoms with Gasteiger partial charge in [-0.1, -0.05) is 127 Å². The predicted octanol–water partition coefficient (Wildman–Crippen LogP) is 11.6. The zero-order chi connectivity index (χ0) is 32.6. The fourth-order valence-electron chi connectivity index (χ4n) is 6.21. The van der Waals surface area contributed by atoms with Crippen molar-refractivity contribution >= 4 is 32.2 Å². The first-order valence-electron chi connectivity index (χ1n) is 16.2. The van der Waals surface area contributed by atoms with Crippen molar-refractivity contribution in [2.45, 2.75) is 0 Å².